The third kappa shape index (κ3) is 4.80. The van der Waals surface area contributed by atoms with E-state index in [1.165, 1.54) is 20.3 Å². The Morgan fingerprint density at radius 1 is 1.03 bits per heavy atom. The third-order valence-corrected chi connectivity index (χ3v) is 6.45. The van der Waals surface area contributed by atoms with Crippen LogP contribution in [-0.2, 0) is 27.2 Å². The molecule has 4 rings (SSSR count). The zero-order valence-corrected chi connectivity index (χ0v) is 19.1. The summed E-state index contributed by atoms with van der Waals surface area (Å²) in [5.41, 5.74) is 1.36. The van der Waals surface area contributed by atoms with Crippen LogP contribution in [0.15, 0.2) is 41.2 Å². The van der Waals surface area contributed by atoms with Gasteiger partial charge in [0.15, 0.2) is 6.10 Å². The molecule has 1 amide bonds. The van der Waals surface area contributed by atoms with Gasteiger partial charge in [-0.1, -0.05) is 30.3 Å². The summed E-state index contributed by atoms with van der Waals surface area (Å²) in [4.78, 5) is 40.7. The molecule has 176 valence electrons. The van der Waals surface area contributed by atoms with Crippen molar-refractivity contribution in [3.63, 3.8) is 0 Å². The molecule has 8 nitrogen and oxygen atoms in total. The number of nitrogens with zero attached hydrogens (tertiary/aromatic N) is 2. The Balaban J connectivity index is 1.63. The van der Waals surface area contributed by atoms with Gasteiger partial charge in [-0.05, 0) is 31.2 Å². The monoisotopic (exact) mass is 454 g/mol. The second kappa shape index (κ2) is 10.2. The van der Waals surface area contributed by atoms with Crippen molar-refractivity contribution in [3.05, 3.63) is 63.6 Å². The normalized spacial score (nSPS) is 17.2. The largest absolute Gasteiger partial charge is 0.489 e. The van der Waals surface area contributed by atoms with Crippen molar-refractivity contribution in [2.45, 2.75) is 50.9 Å². The number of hydrogen-bond acceptors (Lipinski definition) is 6. The van der Waals surface area contributed by atoms with Gasteiger partial charge in [-0.2, -0.15) is 0 Å². The Labute approximate surface area is 193 Å². The molecule has 1 aromatic carbocycles. The first kappa shape index (κ1) is 23.0. The summed E-state index contributed by atoms with van der Waals surface area (Å²) in [5, 5.41) is 0. The maximum absolute atomic E-state index is 13.3. The van der Waals surface area contributed by atoms with Gasteiger partial charge in [0, 0.05) is 44.9 Å². The molecule has 8 heteroatoms. The predicted molar refractivity (Wildman–Crippen MR) is 121 cm³/mol. The van der Waals surface area contributed by atoms with Crippen LogP contribution >= 0.6 is 0 Å². The number of carbonyl (C=O) groups is 2. The van der Waals surface area contributed by atoms with Gasteiger partial charge in [-0.25, -0.2) is 4.79 Å². The minimum absolute atomic E-state index is 0.00644. The van der Waals surface area contributed by atoms with E-state index in [1.807, 2.05) is 30.3 Å². The Kier molecular flexibility index (Phi) is 7.13. The third-order valence-electron chi connectivity index (χ3n) is 6.45. The lowest BCUT2D eigenvalue weighted by atomic mass is 10.1. The van der Waals surface area contributed by atoms with Gasteiger partial charge in [-0.15, -0.1) is 0 Å². The van der Waals surface area contributed by atoms with Crippen LogP contribution in [-0.4, -0.2) is 54.8 Å². The van der Waals surface area contributed by atoms with Crippen LogP contribution in [0.2, 0.25) is 0 Å². The number of pyridine rings is 1. The second-order valence-electron chi connectivity index (χ2n) is 8.44. The lowest BCUT2D eigenvalue weighted by Gasteiger charge is -2.25. The fourth-order valence-electron chi connectivity index (χ4n) is 4.74. The van der Waals surface area contributed by atoms with Gasteiger partial charge in [0.25, 0.3) is 11.5 Å². The van der Waals surface area contributed by atoms with E-state index in [0.29, 0.717) is 25.2 Å². The molecule has 1 fully saturated rings. The van der Waals surface area contributed by atoms with Crippen LogP contribution in [0.3, 0.4) is 0 Å². The highest BCUT2D eigenvalue weighted by Gasteiger charge is 2.31. The van der Waals surface area contributed by atoms with E-state index < -0.39 is 12.1 Å². The highest BCUT2D eigenvalue weighted by Crippen LogP contribution is 2.29. The van der Waals surface area contributed by atoms with Crippen molar-refractivity contribution in [1.29, 1.82) is 0 Å². The summed E-state index contributed by atoms with van der Waals surface area (Å²) in [6.45, 7) is 0.961. The fraction of sp³-hybridized carbons (Fsp3) is 0.480. The van der Waals surface area contributed by atoms with E-state index in [4.69, 9.17) is 14.2 Å². The minimum Gasteiger partial charge on any atom is -0.489 e. The van der Waals surface area contributed by atoms with Gasteiger partial charge in [0.1, 0.15) is 11.3 Å². The number of rotatable bonds is 6. The van der Waals surface area contributed by atoms with Crippen LogP contribution in [0.25, 0.3) is 0 Å². The number of carbonyl (C=O) groups excluding carboxylic acids is 2. The first-order valence-electron chi connectivity index (χ1n) is 11.4. The van der Waals surface area contributed by atoms with Crippen LogP contribution < -0.4 is 10.3 Å². The van der Waals surface area contributed by atoms with Gasteiger partial charge in [0.05, 0.1) is 13.2 Å². The Morgan fingerprint density at radius 3 is 2.42 bits per heavy atom. The molecule has 0 N–H and O–H groups in total. The van der Waals surface area contributed by atoms with Crippen molar-refractivity contribution in [1.82, 2.24) is 9.47 Å². The summed E-state index contributed by atoms with van der Waals surface area (Å²) in [6.07, 6.45) is 3.54. The molecule has 1 atom stereocenters. The number of ether oxygens (including phenoxy) is 3. The molecule has 1 aliphatic carbocycles. The maximum Gasteiger partial charge on any atom is 0.343 e. The molecule has 2 aromatic rings. The van der Waals surface area contributed by atoms with Crippen molar-refractivity contribution >= 4 is 11.9 Å². The lowest BCUT2D eigenvalue weighted by Crippen LogP contribution is -2.38. The molecular formula is C25H30N2O6. The Hall–Kier alpha value is -3.13. The highest BCUT2D eigenvalue weighted by molar-refractivity contribution is 5.93. The maximum atomic E-state index is 13.3. The summed E-state index contributed by atoms with van der Waals surface area (Å²) < 4.78 is 18.2. The molecule has 0 unspecified atom stereocenters. The number of aromatic nitrogens is 1. The molecule has 0 spiro atoms. The van der Waals surface area contributed by atoms with E-state index in [-0.39, 0.29) is 35.4 Å². The minimum atomic E-state index is -0.731. The number of fused-ring (bicyclic) bond motifs is 1. The second-order valence-corrected chi connectivity index (χ2v) is 8.44. The van der Waals surface area contributed by atoms with Crippen molar-refractivity contribution < 1.29 is 23.8 Å². The average Bonchev–Trinajstić information content (AvgIpc) is 3.23. The summed E-state index contributed by atoms with van der Waals surface area (Å²) >= 11 is 0. The number of hydrogen-bond donors (Lipinski definition) is 0. The Bertz CT molecular complexity index is 1060. The quantitative estimate of drug-likeness (QED) is 0.624. The molecule has 1 aliphatic heterocycles. The van der Waals surface area contributed by atoms with Gasteiger partial charge >= 0.3 is 5.97 Å². The van der Waals surface area contributed by atoms with Crippen LogP contribution in [0.5, 0.6) is 5.75 Å². The first-order chi connectivity index (χ1) is 16.0. The summed E-state index contributed by atoms with van der Waals surface area (Å²) in [5.74, 6) is -0.430. The van der Waals surface area contributed by atoms with Gasteiger partial charge in [0.2, 0.25) is 0 Å². The molecule has 33 heavy (non-hydrogen) atoms. The number of amides is 1. The highest BCUT2D eigenvalue weighted by atomic mass is 16.5. The lowest BCUT2D eigenvalue weighted by molar-refractivity contribution is -0.142. The van der Waals surface area contributed by atoms with Crippen molar-refractivity contribution in [2.24, 2.45) is 0 Å². The molecule has 0 bridgehead atoms. The van der Waals surface area contributed by atoms with Gasteiger partial charge in [-0.3, -0.25) is 9.59 Å². The van der Waals surface area contributed by atoms with E-state index in [0.717, 1.165) is 31.2 Å². The first-order valence-corrected chi connectivity index (χ1v) is 11.4. The van der Waals surface area contributed by atoms with E-state index >= 15 is 0 Å². The topological polar surface area (TPSA) is 87.1 Å². The van der Waals surface area contributed by atoms with E-state index in [1.54, 1.807) is 9.47 Å². The molecule has 0 saturated heterocycles. The molecule has 2 aliphatic rings. The average molecular weight is 455 g/mol. The molecular weight excluding hydrogens is 424 g/mol. The van der Waals surface area contributed by atoms with Crippen molar-refractivity contribution in [2.75, 3.05) is 27.3 Å². The Morgan fingerprint density at radius 2 is 1.76 bits per heavy atom. The molecule has 1 aromatic heterocycles. The zero-order valence-electron chi connectivity index (χ0n) is 19.1. The van der Waals surface area contributed by atoms with E-state index in [2.05, 4.69) is 0 Å². The van der Waals surface area contributed by atoms with E-state index in [9.17, 15) is 14.4 Å². The SMILES string of the molecule is COC(=O)c1c(OC2CCCC2)cc(=O)n2c1CCN(C(=O)[C@@H](OC)c1ccccc1)CC2. The summed E-state index contributed by atoms with van der Waals surface area (Å²) in [7, 11) is 2.83. The molecule has 2 heterocycles. The van der Waals surface area contributed by atoms with Crippen LogP contribution in [0, 0.1) is 0 Å². The fourth-order valence-corrected chi connectivity index (χ4v) is 4.74. The van der Waals surface area contributed by atoms with Crippen LogP contribution in [0.4, 0.5) is 0 Å². The number of methoxy groups -OCH3 is 2. The zero-order chi connectivity index (χ0) is 23.4. The molecule has 1 saturated carbocycles. The smallest absolute Gasteiger partial charge is 0.343 e. The van der Waals surface area contributed by atoms with Crippen molar-refractivity contribution in [3.8, 4) is 5.75 Å². The van der Waals surface area contributed by atoms with Crippen LogP contribution in [0.1, 0.15) is 53.4 Å². The van der Waals surface area contributed by atoms with Gasteiger partial charge < -0.3 is 23.7 Å². The summed E-state index contributed by atoms with van der Waals surface area (Å²) in [6, 6.07) is 10.7. The number of esters is 1. The molecule has 0 radical (unpaired) electrons. The standard InChI is InChI=1S/C25H30N2O6/c1-31-23(17-8-4-3-5-9-17)24(29)26-13-12-19-22(25(30)32-2)20(33-18-10-6-7-11-18)16-21(28)27(19)15-14-26/h3-5,8-9,16,18,23H,6-7,10-15H2,1-2H3/t23-/m0/s1. The predicted octanol–water partition coefficient (Wildman–Crippen LogP) is 2.73. The number of benzene rings is 1.